The predicted octanol–water partition coefficient (Wildman–Crippen LogP) is 6.17. The molecule has 0 radical (unpaired) electrons. The van der Waals surface area contributed by atoms with E-state index in [1.807, 2.05) is 44.2 Å². The summed E-state index contributed by atoms with van der Waals surface area (Å²) in [6, 6.07) is 19.3. The Labute approximate surface area is 194 Å². The number of anilines is 1. The van der Waals surface area contributed by atoms with E-state index in [2.05, 4.69) is 27.9 Å². The molecule has 0 aliphatic heterocycles. The number of rotatable bonds is 6. The molecule has 0 saturated heterocycles. The van der Waals surface area contributed by atoms with Crippen molar-refractivity contribution in [3.63, 3.8) is 0 Å². The van der Waals surface area contributed by atoms with Crippen molar-refractivity contribution in [2.45, 2.75) is 20.5 Å². The number of carbonyl (C=O) groups excluding carboxylic acids is 1. The number of nitriles is 1. The fourth-order valence-corrected chi connectivity index (χ4v) is 3.67. The first kappa shape index (κ1) is 22.5. The van der Waals surface area contributed by atoms with Crippen LogP contribution in [0.2, 0.25) is 0 Å². The van der Waals surface area contributed by atoms with Crippen LogP contribution in [-0.2, 0) is 11.4 Å². The van der Waals surface area contributed by atoms with Gasteiger partial charge in [0.25, 0.3) is 5.91 Å². The van der Waals surface area contributed by atoms with Crippen LogP contribution in [0.15, 0.2) is 66.2 Å². The number of hydrogen-bond acceptors (Lipinski definition) is 3. The fraction of sp³-hybridized carbons (Fsp3) is 0.120. The molecule has 4 nitrogen and oxygen atoms in total. The van der Waals surface area contributed by atoms with Crippen molar-refractivity contribution < 1.29 is 13.9 Å². The van der Waals surface area contributed by atoms with E-state index in [4.69, 9.17) is 4.74 Å². The first-order valence-electron chi connectivity index (χ1n) is 9.53. The lowest BCUT2D eigenvalue weighted by molar-refractivity contribution is -0.112. The van der Waals surface area contributed by atoms with Crippen molar-refractivity contribution >= 4 is 40.3 Å². The Hall–Kier alpha value is -3.18. The SMILES string of the molecule is Cc1ccc(NC(=O)/C(C#N)=C/c2ccc(OCc3cccc(F)c3)c(I)c2)c(C)c1. The number of nitrogens with zero attached hydrogens (tertiary/aromatic N) is 1. The molecule has 0 fully saturated rings. The lowest BCUT2D eigenvalue weighted by Gasteiger charge is -2.10. The van der Waals surface area contributed by atoms with Crippen LogP contribution < -0.4 is 10.1 Å². The Bertz CT molecular complexity index is 1200. The standard InChI is InChI=1S/C25H20FIN2O2/c1-16-6-8-23(17(2)10-16)29-25(30)20(14-28)11-18-7-9-24(22(27)13-18)31-15-19-4-3-5-21(26)12-19/h3-13H,15H2,1-2H3,(H,29,30)/b20-11+. The smallest absolute Gasteiger partial charge is 0.266 e. The van der Waals surface area contributed by atoms with Gasteiger partial charge >= 0.3 is 0 Å². The minimum absolute atomic E-state index is 0.00389. The fourth-order valence-electron chi connectivity index (χ4n) is 2.97. The Morgan fingerprint density at radius 3 is 2.65 bits per heavy atom. The summed E-state index contributed by atoms with van der Waals surface area (Å²) >= 11 is 2.13. The molecule has 3 rings (SSSR count). The number of amides is 1. The third-order valence-corrected chi connectivity index (χ3v) is 5.39. The second-order valence-electron chi connectivity index (χ2n) is 7.05. The summed E-state index contributed by atoms with van der Waals surface area (Å²) in [5.41, 5.74) is 4.14. The minimum Gasteiger partial charge on any atom is -0.488 e. The summed E-state index contributed by atoms with van der Waals surface area (Å²) in [6.45, 7) is 4.13. The number of benzene rings is 3. The first-order valence-corrected chi connectivity index (χ1v) is 10.6. The van der Waals surface area contributed by atoms with Gasteiger partial charge in [-0.1, -0.05) is 35.9 Å². The quantitative estimate of drug-likeness (QED) is 0.237. The van der Waals surface area contributed by atoms with Crippen LogP contribution in [0.3, 0.4) is 0 Å². The van der Waals surface area contributed by atoms with Crippen LogP contribution in [0.25, 0.3) is 6.08 Å². The van der Waals surface area contributed by atoms with E-state index < -0.39 is 5.91 Å². The highest BCUT2D eigenvalue weighted by Gasteiger charge is 2.12. The number of ether oxygens (including phenoxy) is 1. The van der Waals surface area contributed by atoms with Crippen molar-refractivity contribution in [1.82, 2.24) is 0 Å². The normalized spacial score (nSPS) is 11.0. The van der Waals surface area contributed by atoms with Crippen LogP contribution >= 0.6 is 22.6 Å². The molecule has 31 heavy (non-hydrogen) atoms. The van der Waals surface area contributed by atoms with Crippen molar-refractivity contribution in [1.29, 1.82) is 5.26 Å². The molecule has 0 unspecified atom stereocenters. The van der Waals surface area contributed by atoms with Gasteiger partial charge in [0.05, 0.1) is 3.57 Å². The van der Waals surface area contributed by atoms with Crippen LogP contribution in [0.1, 0.15) is 22.3 Å². The number of nitrogens with one attached hydrogen (secondary N) is 1. The highest BCUT2D eigenvalue weighted by molar-refractivity contribution is 14.1. The molecule has 0 saturated carbocycles. The van der Waals surface area contributed by atoms with Gasteiger partial charge in [-0.25, -0.2) is 4.39 Å². The molecule has 1 amide bonds. The summed E-state index contributed by atoms with van der Waals surface area (Å²) in [6.07, 6.45) is 1.54. The number of hydrogen-bond donors (Lipinski definition) is 1. The van der Waals surface area contributed by atoms with Crippen LogP contribution in [-0.4, -0.2) is 5.91 Å². The molecule has 0 aromatic heterocycles. The van der Waals surface area contributed by atoms with Gasteiger partial charge in [0.15, 0.2) is 0 Å². The lowest BCUT2D eigenvalue weighted by atomic mass is 10.1. The highest BCUT2D eigenvalue weighted by atomic mass is 127. The van der Waals surface area contributed by atoms with Crippen LogP contribution in [0, 0.1) is 34.6 Å². The molecule has 156 valence electrons. The second-order valence-corrected chi connectivity index (χ2v) is 8.21. The molecule has 0 aliphatic rings. The Kier molecular flexibility index (Phi) is 7.42. The molecule has 3 aromatic carbocycles. The zero-order valence-corrected chi connectivity index (χ0v) is 19.2. The zero-order valence-electron chi connectivity index (χ0n) is 17.1. The topological polar surface area (TPSA) is 62.1 Å². The van der Waals surface area contributed by atoms with Crippen molar-refractivity contribution in [3.8, 4) is 11.8 Å². The summed E-state index contributed by atoms with van der Waals surface area (Å²) in [5, 5.41) is 12.3. The molecule has 0 heterocycles. The van der Waals surface area contributed by atoms with Gasteiger partial charge in [0.2, 0.25) is 0 Å². The number of carbonyl (C=O) groups is 1. The van der Waals surface area contributed by atoms with Gasteiger partial charge in [-0.2, -0.15) is 5.26 Å². The van der Waals surface area contributed by atoms with E-state index in [1.54, 1.807) is 24.3 Å². The molecule has 0 spiro atoms. The molecule has 0 aliphatic carbocycles. The minimum atomic E-state index is -0.462. The lowest BCUT2D eigenvalue weighted by Crippen LogP contribution is -2.14. The molecule has 0 atom stereocenters. The van der Waals surface area contributed by atoms with Gasteiger partial charge in [0.1, 0.15) is 29.8 Å². The van der Waals surface area contributed by atoms with E-state index in [-0.39, 0.29) is 18.0 Å². The maximum absolute atomic E-state index is 13.3. The van der Waals surface area contributed by atoms with E-state index in [9.17, 15) is 14.4 Å². The molecular formula is C25H20FIN2O2. The van der Waals surface area contributed by atoms with Gasteiger partial charge in [-0.3, -0.25) is 4.79 Å². The highest BCUT2D eigenvalue weighted by Crippen LogP contribution is 2.25. The van der Waals surface area contributed by atoms with Gasteiger partial charge in [0, 0.05) is 5.69 Å². The Morgan fingerprint density at radius 2 is 1.97 bits per heavy atom. The maximum atomic E-state index is 13.3. The van der Waals surface area contributed by atoms with Gasteiger partial charge < -0.3 is 10.1 Å². The number of aryl methyl sites for hydroxylation is 2. The number of halogens is 2. The summed E-state index contributed by atoms with van der Waals surface area (Å²) in [7, 11) is 0. The van der Waals surface area contributed by atoms with E-state index in [1.165, 1.54) is 18.2 Å². The average molecular weight is 526 g/mol. The van der Waals surface area contributed by atoms with Crippen molar-refractivity contribution in [2.24, 2.45) is 0 Å². The molecular weight excluding hydrogens is 506 g/mol. The third kappa shape index (κ3) is 6.15. The summed E-state index contributed by atoms with van der Waals surface area (Å²) in [4.78, 5) is 12.6. The summed E-state index contributed by atoms with van der Waals surface area (Å²) in [5.74, 6) is -0.129. The molecule has 3 aromatic rings. The molecule has 0 bridgehead atoms. The van der Waals surface area contributed by atoms with Gasteiger partial charge in [-0.15, -0.1) is 0 Å². The zero-order chi connectivity index (χ0) is 22.4. The molecule has 1 N–H and O–H groups in total. The summed E-state index contributed by atoms with van der Waals surface area (Å²) < 4.78 is 19.9. The Morgan fingerprint density at radius 1 is 1.16 bits per heavy atom. The predicted molar refractivity (Wildman–Crippen MR) is 128 cm³/mol. The van der Waals surface area contributed by atoms with Crippen molar-refractivity contribution in [3.05, 3.63) is 97.9 Å². The molecule has 6 heteroatoms. The third-order valence-electron chi connectivity index (χ3n) is 4.55. The van der Waals surface area contributed by atoms with E-state index in [0.717, 1.165) is 20.3 Å². The maximum Gasteiger partial charge on any atom is 0.266 e. The van der Waals surface area contributed by atoms with Crippen molar-refractivity contribution in [2.75, 3.05) is 5.32 Å². The van der Waals surface area contributed by atoms with Gasteiger partial charge in [-0.05, 0) is 89.5 Å². The van der Waals surface area contributed by atoms with Crippen LogP contribution in [0.5, 0.6) is 5.75 Å². The van der Waals surface area contributed by atoms with Crippen LogP contribution in [0.4, 0.5) is 10.1 Å². The van der Waals surface area contributed by atoms with E-state index >= 15 is 0 Å². The monoisotopic (exact) mass is 526 g/mol. The average Bonchev–Trinajstić information content (AvgIpc) is 2.73. The largest absolute Gasteiger partial charge is 0.488 e. The van der Waals surface area contributed by atoms with E-state index in [0.29, 0.717) is 17.0 Å². The second kappa shape index (κ2) is 10.2. The Balaban J connectivity index is 1.72. The first-order chi connectivity index (χ1) is 14.9.